The molecule has 0 atom stereocenters. The fourth-order valence-corrected chi connectivity index (χ4v) is 1.88. The zero-order chi connectivity index (χ0) is 10.4. The van der Waals surface area contributed by atoms with Crippen molar-refractivity contribution in [3.8, 4) is 0 Å². The summed E-state index contributed by atoms with van der Waals surface area (Å²) in [5.41, 5.74) is 7.18. The number of aromatic nitrogens is 3. The Bertz CT molecular complexity index is 517. The number of rotatable bonds is 3. The van der Waals surface area contributed by atoms with Gasteiger partial charge in [-0.15, -0.1) is 0 Å². The van der Waals surface area contributed by atoms with Gasteiger partial charge < -0.3 is 10.3 Å². The highest BCUT2D eigenvalue weighted by molar-refractivity contribution is 6.00. The molecule has 0 radical (unpaired) electrons. The molecule has 1 aliphatic rings. The summed E-state index contributed by atoms with van der Waals surface area (Å²) in [4.78, 5) is 0. The predicted octanol–water partition coefficient (Wildman–Crippen LogP) is 0.830. The molecule has 3 N–H and O–H groups in total. The minimum atomic E-state index is 0.0840. The second-order valence-corrected chi connectivity index (χ2v) is 4.13. The van der Waals surface area contributed by atoms with Gasteiger partial charge in [-0.05, 0) is 18.8 Å². The van der Waals surface area contributed by atoms with Gasteiger partial charge in [-0.2, -0.15) is 5.10 Å². The zero-order valence-corrected chi connectivity index (χ0v) is 8.35. The minimum absolute atomic E-state index is 0.0840. The van der Waals surface area contributed by atoms with E-state index in [1.807, 2.05) is 12.4 Å². The van der Waals surface area contributed by atoms with E-state index in [0.29, 0.717) is 0 Å². The van der Waals surface area contributed by atoms with Crippen LogP contribution in [0, 0.1) is 11.3 Å². The molecule has 5 heteroatoms. The van der Waals surface area contributed by atoms with E-state index < -0.39 is 0 Å². The highest BCUT2D eigenvalue weighted by Crippen LogP contribution is 2.31. The van der Waals surface area contributed by atoms with Crippen LogP contribution < -0.4 is 5.73 Å². The van der Waals surface area contributed by atoms with Gasteiger partial charge in [0.1, 0.15) is 11.5 Å². The monoisotopic (exact) mass is 203 g/mol. The van der Waals surface area contributed by atoms with Crippen molar-refractivity contribution >= 4 is 11.5 Å². The van der Waals surface area contributed by atoms with Crippen LogP contribution in [0.15, 0.2) is 18.6 Å². The number of imidazole rings is 1. The van der Waals surface area contributed by atoms with E-state index in [2.05, 4.69) is 9.67 Å². The Morgan fingerprint density at radius 1 is 1.53 bits per heavy atom. The first-order valence-electron chi connectivity index (χ1n) is 5.12. The summed E-state index contributed by atoms with van der Waals surface area (Å²) in [5, 5.41) is 11.6. The van der Waals surface area contributed by atoms with Crippen molar-refractivity contribution in [3.63, 3.8) is 0 Å². The van der Waals surface area contributed by atoms with Gasteiger partial charge >= 0.3 is 0 Å². The summed E-state index contributed by atoms with van der Waals surface area (Å²) >= 11 is 0. The van der Waals surface area contributed by atoms with Gasteiger partial charge in [0.2, 0.25) is 0 Å². The molecule has 1 saturated carbocycles. The number of nitrogen functional groups attached to an aromatic ring is 1. The van der Waals surface area contributed by atoms with E-state index in [-0.39, 0.29) is 5.84 Å². The van der Waals surface area contributed by atoms with Crippen LogP contribution in [-0.4, -0.2) is 20.0 Å². The van der Waals surface area contributed by atoms with Crippen LogP contribution in [0.5, 0.6) is 0 Å². The number of fused-ring (bicyclic) bond motifs is 1. The zero-order valence-electron chi connectivity index (χ0n) is 8.35. The largest absolute Gasteiger partial charge is 0.384 e. The number of hydrogen-bond donors (Lipinski definition) is 2. The van der Waals surface area contributed by atoms with Crippen LogP contribution in [0.4, 0.5) is 0 Å². The normalized spacial score (nSPS) is 16.0. The number of nitrogens with zero attached hydrogens (tertiary/aromatic N) is 3. The Morgan fingerprint density at radius 3 is 3.00 bits per heavy atom. The molecule has 1 aliphatic carbocycles. The Labute approximate surface area is 87.0 Å². The maximum atomic E-state index is 7.48. The van der Waals surface area contributed by atoms with Crippen molar-refractivity contribution < 1.29 is 0 Å². The van der Waals surface area contributed by atoms with Crippen LogP contribution in [0.1, 0.15) is 18.4 Å². The lowest BCUT2D eigenvalue weighted by Gasteiger charge is -2.02. The quantitative estimate of drug-likeness (QED) is 0.573. The molecule has 3 rings (SSSR count). The first-order chi connectivity index (χ1) is 7.25. The molecule has 0 saturated heterocycles. The number of nitrogens with one attached hydrogen (secondary N) is 1. The van der Waals surface area contributed by atoms with Gasteiger partial charge in [-0.25, -0.2) is 4.52 Å². The maximum absolute atomic E-state index is 7.48. The predicted molar refractivity (Wildman–Crippen MR) is 56.9 cm³/mol. The van der Waals surface area contributed by atoms with Crippen molar-refractivity contribution in [2.24, 2.45) is 11.7 Å². The maximum Gasteiger partial charge on any atom is 0.146 e. The first kappa shape index (κ1) is 8.52. The molecule has 1 fully saturated rings. The summed E-state index contributed by atoms with van der Waals surface area (Å²) in [6.07, 6.45) is 8.19. The third-order valence-electron chi connectivity index (χ3n) is 2.87. The molecule has 15 heavy (non-hydrogen) atoms. The summed E-state index contributed by atoms with van der Waals surface area (Å²) in [5.74, 6) is 0.886. The SMILES string of the molecule is N=C(N)c1cnn2ccn(CC3CC3)c12. The van der Waals surface area contributed by atoms with Crippen molar-refractivity contribution in [1.29, 1.82) is 5.41 Å². The van der Waals surface area contributed by atoms with E-state index in [1.165, 1.54) is 12.8 Å². The van der Waals surface area contributed by atoms with E-state index >= 15 is 0 Å². The molecule has 0 aromatic carbocycles. The number of nitrogens with two attached hydrogens (primary N) is 1. The Kier molecular flexibility index (Phi) is 1.62. The fourth-order valence-electron chi connectivity index (χ4n) is 1.88. The van der Waals surface area contributed by atoms with Crippen LogP contribution in [0.2, 0.25) is 0 Å². The average Bonchev–Trinajstić information content (AvgIpc) is 2.76. The summed E-state index contributed by atoms with van der Waals surface area (Å²) in [6.45, 7) is 1.02. The molecule has 0 spiro atoms. The second-order valence-electron chi connectivity index (χ2n) is 4.13. The highest BCUT2D eigenvalue weighted by atomic mass is 15.3. The van der Waals surface area contributed by atoms with E-state index in [4.69, 9.17) is 11.1 Å². The van der Waals surface area contributed by atoms with Gasteiger partial charge in [-0.1, -0.05) is 0 Å². The average molecular weight is 203 g/mol. The lowest BCUT2D eigenvalue weighted by atomic mass is 10.3. The van der Waals surface area contributed by atoms with Crippen molar-refractivity contribution in [2.45, 2.75) is 19.4 Å². The standard InChI is InChI=1S/C10H13N5/c11-9(12)8-5-13-15-4-3-14(10(8)15)6-7-1-2-7/h3-5,7H,1-2,6H2,(H3,11,12). The molecule has 0 aliphatic heterocycles. The molecule has 2 heterocycles. The molecule has 0 amide bonds. The van der Waals surface area contributed by atoms with Crippen molar-refractivity contribution in [1.82, 2.24) is 14.2 Å². The van der Waals surface area contributed by atoms with Gasteiger partial charge in [0.15, 0.2) is 0 Å². The fraction of sp³-hybridized carbons (Fsp3) is 0.400. The summed E-state index contributed by atoms with van der Waals surface area (Å²) in [6, 6.07) is 0. The van der Waals surface area contributed by atoms with Crippen LogP contribution in [0.25, 0.3) is 5.65 Å². The number of hydrogen-bond acceptors (Lipinski definition) is 2. The molecule has 0 unspecified atom stereocenters. The third kappa shape index (κ3) is 1.31. The van der Waals surface area contributed by atoms with Gasteiger partial charge in [0, 0.05) is 18.9 Å². The van der Waals surface area contributed by atoms with Gasteiger partial charge in [0.05, 0.1) is 11.8 Å². The molecular weight excluding hydrogens is 190 g/mol. The Balaban J connectivity index is 2.11. The van der Waals surface area contributed by atoms with Gasteiger partial charge in [-0.3, -0.25) is 5.41 Å². The smallest absolute Gasteiger partial charge is 0.146 e. The van der Waals surface area contributed by atoms with E-state index in [1.54, 1.807) is 10.7 Å². The highest BCUT2D eigenvalue weighted by Gasteiger charge is 2.23. The molecule has 2 aromatic heterocycles. The van der Waals surface area contributed by atoms with Crippen molar-refractivity contribution in [3.05, 3.63) is 24.2 Å². The minimum Gasteiger partial charge on any atom is -0.384 e. The topological polar surface area (TPSA) is 72.1 Å². The van der Waals surface area contributed by atoms with E-state index in [0.717, 1.165) is 23.7 Å². The Hall–Kier alpha value is -1.78. The lowest BCUT2D eigenvalue weighted by molar-refractivity contribution is 0.643. The Morgan fingerprint density at radius 2 is 2.33 bits per heavy atom. The van der Waals surface area contributed by atoms with Crippen LogP contribution in [-0.2, 0) is 6.54 Å². The van der Waals surface area contributed by atoms with Crippen LogP contribution >= 0.6 is 0 Å². The van der Waals surface area contributed by atoms with Gasteiger partial charge in [0.25, 0.3) is 0 Å². The van der Waals surface area contributed by atoms with E-state index in [9.17, 15) is 0 Å². The summed E-state index contributed by atoms with van der Waals surface area (Å²) < 4.78 is 3.92. The molecule has 2 aromatic rings. The molecule has 78 valence electrons. The molecule has 5 nitrogen and oxygen atoms in total. The van der Waals surface area contributed by atoms with Crippen molar-refractivity contribution in [2.75, 3.05) is 0 Å². The second kappa shape index (κ2) is 2.85. The van der Waals surface area contributed by atoms with Crippen LogP contribution in [0.3, 0.4) is 0 Å². The lowest BCUT2D eigenvalue weighted by Crippen LogP contribution is -2.12. The third-order valence-corrected chi connectivity index (χ3v) is 2.87. The first-order valence-corrected chi connectivity index (χ1v) is 5.12. The molecule has 0 bridgehead atoms. The molecular formula is C10H13N5. The summed E-state index contributed by atoms with van der Waals surface area (Å²) in [7, 11) is 0. The number of amidine groups is 1.